The van der Waals surface area contributed by atoms with Crippen molar-refractivity contribution in [3.8, 4) is 11.5 Å². The third kappa shape index (κ3) is 3.38. The average Bonchev–Trinajstić information content (AvgIpc) is 2.44. The van der Waals surface area contributed by atoms with Gasteiger partial charge in [0, 0.05) is 11.1 Å². The van der Waals surface area contributed by atoms with E-state index in [1.807, 2.05) is 37.3 Å². The zero-order valence-electron chi connectivity index (χ0n) is 12.0. The fraction of sp³-hybridized carbons (Fsp3) is 0.235. The molecule has 2 rings (SSSR count). The SMILES string of the molecule is COc1ccc(C(C)=O)cc1COc1cccc(C)c1. The van der Waals surface area contributed by atoms with Gasteiger partial charge in [-0.3, -0.25) is 4.79 Å². The van der Waals surface area contributed by atoms with Gasteiger partial charge in [0.15, 0.2) is 5.78 Å². The number of hydrogen-bond donors (Lipinski definition) is 0. The number of methoxy groups -OCH3 is 1. The molecule has 0 bridgehead atoms. The zero-order chi connectivity index (χ0) is 14.5. The van der Waals surface area contributed by atoms with Crippen molar-refractivity contribution in [2.24, 2.45) is 0 Å². The first kappa shape index (κ1) is 14.1. The minimum Gasteiger partial charge on any atom is -0.496 e. The molecule has 0 heterocycles. The Balaban J connectivity index is 2.19. The molecule has 0 aliphatic carbocycles. The van der Waals surface area contributed by atoms with Crippen LogP contribution in [0.1, 0.15) is 28.4 Å². The highest BCUT2D eigenvalue weighted by atomic mass is 16.5. The van der Waals surface area contributed by atoms with E-state index in [2.05, 4.69) is 0 Å². The van der Waals surface area contributed by atoms with Gasteiger partial charge in [0.05, 0.1) is 7.11 Å². The molecule has 2 aromatic rings. The number of rotatable bonds is 5. The van der Waals surface area contributed by atoms with Gasteiger partial charge in [-0.05, 0) is 49.7 Å². The summed E-state index contributed by atoms with van der Waals surface area (Å²) in [4.78, 5) is 11.4. The number of hydrogen-bond acceptors (Lipinski definition) is 3. The van der Waals surface area contributed by atoms with Crippen LogP contribution >= 0.6 is 0 Å². The summed E-state index contributed by atoms with van der Waals surface area (Å²) < 4.78 is 11.1. The molecule has 104 valence electrons. The molecule has 0 fully saturated rings. The van der Waals surface area contributed by atoms with Crippen LogP contribution in [0.15, 0.2) is 42.5 Å². The Morgan fingerprint density at radius 1 is 1.15 bits per heavy atom. The first-order valence-electron chi connectivity index (χ1n) is 6.47. The van der Waals surface area contributed by atoms with E-state index >= 15 is 0 Å². The Kier molecular flexibility index (Phi) is 4.41. The smallest absolute Gasteiger partial charge is 0.159 e. The van der Waals surface area contributed by atoms with E-state index in [1.165, 1.54) is 0 Å². The van der Waals surface area contributed by atoms with Crippen molar-refractivity contribution in [1.82, 2.24) is 0 Å². The van der Waals surface area contributed by atoms with Crippen molar-refractivity contribution in [1.29, 1.82) is 0 Å². The summed E-state index contributed by atoms with van der Waals surface area (Å²) in [5, 5.41) is 0. The van der Waals surface area contributed by atoms with Gasteiger partial charge in [-0.1, -0.05) is 12.1 Å². The van der Waals surface area contributed by atoms with Crippen LogP contribution in [0.3, 0.4) is 0 Å². The molecule has 0 unspecified atom stereocenters. The summed E-state index contributed by atoms with van der Waals surface area (Å²) in [6.07, 6.45) is 0. The van der Waals surface area contributed by atoms with Crippen LogP contribution in [-0.2, 0) is 6.61 Å². The van der Waals surface area contributed by atoms with Gasteiger partial charge < -0.3 is 9.47 Å². The second-order valence-corrected chi connectivity index (χ2v) is 4.69. The molecule has 20 heavy (non-hydrogen) atoms. The lowest BCUT2D eigenvalue weighted by molar-refractivity contribution is 0.101. The summed E-state index contributed by atoms with van der Waals surface area (Å²) in [7, 11) is 1.61. The van der Waals surface area contributed by atoms with Crippen molar-refractivity contribution in [2.45, 2.75) is 20.5 Å². The Morgan fingerprint density at radius 2 is 1.95 bits per heavy atom. The number of aryl methyl sites for hydroxylation is 1. The fourth-order valence-corrected chi connectivity index (χ4v) is 1.98. The lowest BCUT2D eigenvalue weighted by Crippen LogP contribution is -2.02. The molecular weight excluding hydrogens is 252 g/mol. The molecule has 0 aliphatic rings. The van der Waals surface area contributed by atoms with E-state index < -0.39 is 0 Å². The predicted octanol–water partition coefficient (Wildman–Crippen LogP) is 3.79. The summed E-state index contributed by atoms with van der Waals surface area (Å²) >= 11 is 0. The fourth-order valence-electron chi connectivity index (χ4n) is 1.98. The van der Waals surface area contributed by atoms with Gasteiger partial charge >= 0.3 is 0 Å². The van der Waals surface area contributed by atoms with Crippen molar-refractivity contribution < 1.29 is 14.3 Å². The molecule has 3 heteroatoms. The van der Waals surface area contributed by atoms with Gasteiger partial charge in [0.25, 0.3) is 0 Å². The molecular formula is C17H18O3. The topological polar surface area (TPSA) is 35.5 Å². The minimum absolute atomic E-state index is 0.0319. The van der Waals surface area contributed by atoms with Crippen molar-refractivity contribution in [3.63, 3.8) is 0 Å². The molecule has 3 nitrogen and oxygen atoms in total. The molecule has 0 amide bonds. The first-order chi connectivity index (χ1) is 9.60. The Bertz CT molecular complexity index is 617. The van der Waals surface area contributed by atoms with Crippen LogP contribution < -0.4 is 9.47 Å². The second-order valence-electron chi connectivity index (χ2n) is 4.69. The normalized spacial score (nSPS) is 10.2. The van der Waals surface area contributed by atoms with Crippen molar-refractivity contribution in [2.75, 3.05) is 7.11 Å². The number of carbonyl (C=O) groups excluding carboxylic acids is 1. The second kappa shape index (κ2) is 6.24. The predicted molar refractivity (Wildman–Crippen MR) is 78.5 cm³/mol. The minimum atomic E-state index is 0.0319. The van der Waals surface area contributed by atoms with Gasteiger partial charge in [-0.2, -0.15) is 0 Å². The molecule has 0 radical (unpaired) electrons. The Morgan fingerprint density at radius 3 is 2.60 bits per heavy atom. The van der Waals surface area contributed by atoms with Crippen molar-refractivity contribution >= 4 is 5.78 Å². The maximum absolute atomic E-state index is 11.4. The van der Waals surface area contributed by atoms with Crippen LogP contribution in [0, 0.1) is 6.92 Å². The summed E-state index contributed by atoms with van der Waals surface area (Å²) in [5.74, 6) is 1.56. The number of Topliss-reactive ketones (excluding diaryl/α,β-unsaturated/α-hetero) is 1. The van der Waals surface area contributed by atoms with Gasteiger partial charge in [-0.15, -0.1) is 0 Å². The molecule has 0 atom stereocenters. The third-order valence-corrected chi connectivity index (χ3v) is 3.07. The van der Waals surface area contributed by atoms with Gasteiger partial charge in [0.1, 0.15) is 18.1 Å². The number of carbonyl (C=O) groups is 1. The molecule has 0 aromatic heterocycles. The van der Waals surface area contributed by atoms with Crippen LogP contribution in [0.25, 0.3) is 0 Å². The number of ketones is 1. The largest absolute Gasteiger partial charge is 0.496 e. The third-order valence-electron chi connectivity index (χ3n) is 3.07. The molecule has 0 saturated heterocycles. The van der Waals surface area contributed by atoms with Crippen LogP contribution in [0.5, 0.6) is 11.5 Å². The lowest BCUT2D eigenvalue weighted by Gasteiger charge is -2.11. The molecule has 0 aliphatic heterocycles. The Hall–Kier alpha value is -2.29. The van der Waals surface area contributed by atoms with E-state index in [0.29, 0.717) is 12.2 Å². The quantitative estimate of drug-likeness (QED) is 0.775. The average molecular weight is 270 g/mol. The molecule has 0 spiro atoms. The van der Waals surface area contributed by atoms with Gasteiger partial charge in [-0.25, -0.2) is 0 Å². The van der Waals surface area contributed by atoms with Crippen LogP contribution in [-0.4, -0.2) is 12.9 Å². The number of ether oxygens (including phenoxy) is 2. The zero-order valence-corrected chi connectivity index (χ0v) is 12.0. The summed E-state index contributed by atoms with van der Waals surface area (Å²) in [6.45, 7) is 3.94. The molecule has 0 N–H and O–H groups in total. The first-order valence-corrected chi connectivity index (χ1v) is 6.47. The monoisotopic (exact) mass is 270 g/mol. The van der Waals surface area contributed by atoms with E-state index in [0.717, 1.165) is 22.6 Å². The summed E-state index contributed by atoms with van der Waals surface area (Å²) in [6, 6.07) is 13.2. The maximum atomic E-state index is 11.4. The van der Waals surface area contributed by atoms with E-state index in [-0.39, 0.29) is 5.78 Å². The highest BCUT2D eigenvalue weighted by molar-refractivity contribution is 5.94. The van der Waals surface area contributed by atoms with Gasteiger partial charge in [0.2, 0.25) is 0 Å². The maximum Gasteiger partial charge on any atom is 0.159 e. The van der Waals surface area contributed by atoms with Crippen LogP contribution in [0.2, 0.25) is 0 Å². The van der Waals surface area contributed by atoms with Crippen LogP contribution in [0.4, 0.5) is 0 Å². The highest BCUT2D eigenvalue weighted by Crippen LogP contribution is 2.22. The molecule has 2 aromatic carbocycles. The van der Waals surface area contributed by atoms with E-state index in [1.54, 1.807) is 26.2 Å². The standard InChI is InChI=1S/C17H18O3/c1-12-5-4-6-16(9-12)20-11-15-10-14(13(2)18)7-8-17(15)19-3/h4-10H,11H2,1-3H3. The lowest BCUT2D eigenvalue weighted by atomic mass is 10.1. The molecule has 0 saturated carbocycles. The van der Waals surface area contributed by atoms with Crippen molar-refractivity contribution in [3.05, 3.63) is 59.2 Å². The number of benzene rings is 2. The van der Waals surface area contributed by atoms with E-state index in [4.69, 9.17) is 9.47 Å². The van der Waals surface area contributed by atoms with E-state index in [9.17, 15) is 4.79 Å². The Labute approximate surface area is 119 Å². The highest BCUT2D eigenvalue weighted by Gasteiger charge is 2.08. The summed E-state index contributed by atoms with van der Waals surface area (Å²) in [5.41, 5.74) is 2.67.